The molecule has 0 saturated carbocycles. The van der Waals surface area contributed by atoms with Crippen LogP contribution in [0.1, 0.15) is 50.4 Å². The van der Waals surface area contributed by atoms with Crippen LogP contribution in [0.25, 0.3) is 0 Å². The summed E-state index contributed by atoms with van der Waals surface area (Å²) in [6.07, 6.45) is 3.22. The highest BCUT2D eigenvalue weighted by atomic mass is 16.5. The Balaban J connectivity index is 0.00000139. The van der Waals surface area contributed by atoms with E-state index in [9.17, 15) is 4.79 Å². The van der Waals surface area contributed by atoms with Crippen molar-refractivity contribution >= 4 is 5.91 Å². The first-order chi connectivity index (χ1) is 11.6. The van der Waals surface area contributed by atoms with Crippen LogP contribution in [-0.4, -0.2) is 56.0 Å². The second kappa shape index (κ2) is 11.1. The van der Waals surface area contributed by atoms with Crippen molar-refractivity contribution < 1.29 is 9.53 Å². The average molecular weight is 335 g/mol. The van der Waals surface area contributed by atoms with Gasteiger partial charge >= 0.3 is 0 Å². The van der Waals surface area contributed by atoms with Crippen LogP contribution in [0.4, 0.5) is 0 Å². The topological polar surface area (TPSA) is 32.8 Å². The number of ether oxygens (including phenoxy) is 1. The molecule has 0 unspecified atom stereocenters. The van der Waals surface area contributed by atoms with E-state index in [0.717, 1.165) is 56.1 Å². The quantitative estimate of drug-likeness (QED) is 0.739. The molecule has 0 N–H and O–H groups in total. The van der Waals surface area contributed by atoms with Crippen LogP contribution in [-0.2, 0) is 0 Å². The Kier molecular flexibility index (Phi) is 9.46. The zero-order valence-corrected chi connectivity index (χ0v) is 16.0. The molecule has 24 heavy (non-hydrogen) atoms. The molecule has 1 heterocycles. The molecular formula is C20H34N2O2. The van der Waals surface area contributed by atoms with Crippen LogP contribution in [0, 0.1) is 5.92 Å². The zero-order chi connectivity index (χ0) is 17.9. The Bertz CT molecular complexity index is 463. The fourth-order valence-corrected chi connectivity index (χ4v) is 2.66. The molecule has 1 aliphatic rings. The molecule has 1 aliphatic heterocycles. The van der Waals surface area contributed by atoms with Crippen molar-refractivity contribution in [1.82, 2.24) is 9.80 Å². The van der Waals surface area contributed by atoms with Gasteiger partial charge < -0.3 is 14.5 Å². The number of piperidine rings is 1. The van der Waals surface area contributed by atoms with Gasteiger partial charge in [-0.05, 0) is 63.5 Å². The van der Waals surface area contributed by atoms with Crippen LogP contribution >= 0.6 is 0 Å². The van der Waals surface area contributed by atoms with E-state index in [0.29, 0.717) is 6.61 Å². The number of rotatable bonds is 6. The molecule has 1 aromatic rings. The molecule has 1 saturated heterocycles. The Morgan fingerprint density at radius 3 is 2.29 bits per heavy atom. The number of benzene rings is 1. The van der Waals surface area contributed by atoms with Crippen molar-refractivity contribution in [3.05, 3.63) is 29.8 Å². The van der Waals surface area contributed by atoms with Crippen LogP contribution in [0.5, 0.6) is 5.75 Å². The number of hydrogen-bond donors (Lipinski definition) is 0. The van der Waals surface area contributed by atoms with Gasteiger partial charge in [-0.25, -0.2) is 0 Å². The molecule has 4 heteroatoms. The number of likely N-dealkylation sites (tertiary alicyclic amines) is 1. The summed E-state index contributed by atoms with van der Waals surface area (Å²) in [7, 11) is 4.11. The largest absolute Gasteiger partial charge is 0.494 e. The summed E-state index contributed by atoms with van der Waals surface area (Å²) in [5.41, 5.74) is 0.759. The minimum Gasteiger partial charge on any atom is -0.494 e. The predicted octanol–water partition coefficient (Wildman–Crippen LogP) is 3.92. The first-order valence-corrected chi connectivity index (χ1v) is 9.23. The number of carbonyl (C=O) groups is 1. The highest BCUT2D eigenvalue weighted by Crippen LogP contribution is 2.19. The summed E-state index contributed by atoms with van der Waals surface area (Å²) >= 11 is 0. The average Bonchev–Trinajstić information content (AvgIpc) is 2.61. The summed E-state index contributed by atoms with van der Waals surface area (Å²) in [4.78, 5) is 16.5. The SMILES string of the molecule is CC.CC1CCN(C(=O)c2ccc(OCCCN(C)C)cc2)CC1. The first kappa shape index (κ1) is 20.5. The molecule has 0 bridgehead atoms. The lowest BCUT2D eigenvalue weighted by molar-refractivity contribution is 0.0697. The van der Waals surface area contributed by atoms with Crippen LogP contribution < -0.4 is 4.74 Å². The van der Waals surface area contributed by atoms with Gasteiger partial charge in [-0.3, -0.25) is 4.79 Å². The third kappa shape index (κ3) is 6.91. The van der Waals surface area contributed by atoms with Gasteiger partial charge in [0.2, 0.25) is 0 Å². The summed E-state index contributed by atoms with van der Waals surface area (Å²) in [5.74, 6) is 1.72. The maximum absolute atomic E-state index is 12.4. The summed E-state index contributed by atoms with van der Waals surface area (Å²) in [6, 6.07) is 7.55. The normalized spacial score (nSPS) is 15.0. The predicted molar refractivity (Wildman–Crippen MR) is 101 cm³/mol. The van der Waals surface area contributed by atoms with Crippen molar-refractivity contribution in [2.75, 3.05) is 40.3 Å². The number of amides is 1. The van der Waals surface area contributed by atoms with Gasteiger partial charge in [-0.2, -0.15) is 0 Å². The lowest BCUT2D eigenvalue weighted by atomic mass is 9.98. The molecular weight excluding hydrogens is 300 g/mol. The number of nitrogens with zero attached hydrogens (tertiary/aromatic N) is 2. The minimum atomic E-state index is 0.144. The molecule has 0 spiro atoms. The Morgan fingerprint density at radius 2 is 1.75 bits per heavy atom. The fourth-order valence-electron chi connectivity index (χ4n) is 2.66. The maximum atomic E-state index is 12.4. The third-order valence-electron chi connectivity index (χ3n) is 4.19. The standard InChI is InChI=1S/C18H28N2O2.C2H6/c1-15-9-12-20(13-10-15)18(21)16-5-7-17(8-6-16)22-14-4-11-19(2)3;1-2/h5-8,15H,4,9-14H2,1-3H3;1-2H3. The van der Waals surface area contributed by atoms with Crippen LogP contribution in [0.2, 0.25) is 0 Å². The number of hydrogen-bond acceptors (Lipinski definition) is 3. The van der Waals surface area contributed by atoms with Gasteiger partial charge in [0, 0.05) is 25.2 Å². The second-order valence-corrected chi connectivity index (χ2v) is 6.50. The molecule has 0 radical (unpaired) electrons. The molecule has 0 atom stereocenters. The van der Waals surface area contributed by atoms with E-state index in [1.165, 1.54) is 0 Å². The molecule has 1 fully saturated rings. The lowest BCUT2D eigenvalue weighted by Gasteiger charge is -2.30. The van der Waals surface area contributed by atoms with Crippen molar-refractivity contribution in [2.45, 2.75) is 40.0 Å². The van der Waals surface area contributed by atoms with E-state index >= 15 is 0 Å². The highest BCUT2D eigenvalue weighted by molar-refractivity contribution is 5.94. The van der Waals surface area contributed by atoms with Gasteiger partial charge in [0.15, 0.2) is 0 Å². The van der Waals surface area contributed by atoms with E-state index in [2.05, 4.69) is 25.9 Å². The van der Waals surface area contributed by atoms with Crippen molar-refractivity contribution in [3.63, 3.8) is 0 Å². The van der Waals surface area contributed by atoms with Crippen molar-refractivity contribution in [3.8, 4) is 5.75 Å². The van der Waals surface area contributed by atoms with E-state index in [1.807, 2.05) is 43.0 Å². The van der Waals surface area contributed by atoms with E-state index in [1.54, 1.807) is 0 Å². The molecule has 0 aliphatic carbocycles. The molecule has 0 aromatic heterocycles. The van der Waals surface area contributed by atoms with E-state index < -0.39 is 0 Å². The van der Waals surface area contributed by atoms with Gasteiger partial charge in [0.05, 0.1) is 6.61 Å². The van der Waals surface area contributed by atoms with Gasteiger partial charge in [-0.15, -0.1) is 0 Å². The van der Waals surface area contributed by atoms with Gasteiger partial charge in [0.1, 0.15) is 5.75 Å². The van der Waals surface area contributed by atoms with Crippen molar-refractivity contribution in [1.29, 1.82) is 0 Å². The minimum absolute atomic E-state index is 0.144. The molecule has 136 valence electrons. The van der Waals surface area contributed by atoms with Crippen LogP contribution in [0.3, 0.4) is 0 Å². The van der Waals surface area contributed by atoms with Crippen molar-refractivity contribution in [2.24, 2.45) is 5.92 Å². The van der Waals surface area contributed by atoms with E-state index in [4.69, 9.17) is 4.74 Å². The Morgan fingerprint density at radius 1 is 1.17 bits per heavy atom. The Labute approximate surface area is 147 Å². The smallest absolute Gasteiger partial charge is 0.253 e. The Hall–Kier alpha value is -1.55. The maximum Gasteiger partial charge on any atom is 0.253 e. The van der Waals surface area contributed by atoms with E-state index in [-0.39, 0.29) is 5.91 Å². The first-order valence-electron chi connectivity index (χ1n) is 9.23. The third-order valence-corrected chi connectivity index (χ3v) is 4.19. The van der Waals surface area contributed by atoms with Gasteiger partial charge in [-0.1, -0.05) is 20.8 Å². The monoisotopic (exact) mass is 334 g/mol. The highest BCUT2D eigenvalue weighted by Gasteiger charge is 2.21. The molecule has 1 amide bonds. The fraction of sp³-hybridized carbons (Fsp3) is 0.650. The zero-order valence-electron chi connectivity index (χ0n) is 16.0. The molecule has 2 rings (SSSR count). The summed E-state index contributed by atoms with van der Waals surface area (Å²) < 4.78 is 5.70. The summed E-state index contributed by atoms with van der Waals surface area (Å²) in [5, 5.41) is 0. The van der Waals surface area contributed by atoms with Gasteiger partial charge in [0.25, 0.3) is 5.91 Å². The summed E-state index contributed by atoms with van der Waals surface area (Å²) in [6.45, 7) is 9.73. The number of carbonyl (C=O) groups excluding carboxylic acids is 1. The van der Waals surface area contributed by atoms with Crippen LogP contribution in [0.15, 0.2) is 24.3 Å². The molecule has 4 nitrogen and oxygen atoms in total. The molecule has 1 aromatic carbocycles. The lowest BCUT2D eigenvalue weighted by Crippen LogP contribution is -2.37. The second-order valence-electron chi connectivity index (χ2n) is 6.50.